The minimum atomic E-state index is -0.597. The number of nitrogens with zero attached hydrogens (tertiary/aromatic N) is 2. The van der Waals surface area contributed by atoms with E-state index in [4.69, 9.17) is 19.5 Å². The van der Waals surface area contributed by atoms with E-state index in [1.165, 1.54) is 22.3 Å². The molecule has 0 N–H and O–H groups in total. The molecule has 4 nitrogen and oxygen atoms in total. The first-order valence-electron chi connectivity index (χ1n) is 14.8. The quantitative estimate of drug-likeness (QED) is 0.347. The second kappa shape index (κ2) is 11.1. The molecule has 0 bridgehead atoms. The van der Waals surface area contributed by atoms with E-state index in [2.05, 4.69) is 118 Å². The van der Waals surface area contributed by atoms with Crippen molar-refractivity contribution < 1.29 is 9.47 Å². The van der Waals surface area contributed by atoms with Crippen LogP contribution in [0.25, 0.3) is 0 Å². The average molecular weight is 531 g/mol. The Hall–Kier alpha value is -2.62. The number of benzene rings is 2. The molecular formula is C35H50N2O2. The lowest BCUT2D eigenvalue weighted by molar-refractivity contribution is 0.237. The van der Waals surface area contributed by atoms with Crippen molar-refractivity contribution in [2.24, 2.45) is 27.2 Å². The van der Waals surface area contributed by atoms with Crippen molar-refractivity contribution in [2.75, 3.05) is 13.2 Å². The van der Waals surface area contributed by atoms with Crippen LogP contribution in [0.4, 0.5) is 0 Å². The van der Waals surface area contributed by atoms with Gasteiger partial charge in [0, 0.05) is 0 Å². The maximum atomic E-state index is 6.49. The lowest BCUT2D eigenvalue weighted by Crippen LogP contribution is -2.44. The van der Waals surface area contributed by atoms with E-state index in [0.717, 1.165) is 24.6 Å². The van der Waals surface area contributed by atoms with Crippen LogP contribution in [0.2, 0.25) is 0 Å². The SMILES string of the molecule is CC(C)C1COC(C(Cc2ccc(C(C)(C)C)cc2)(Cc2ccc(C(C)(C)C)cc2)C2=NC(C(C)C)CO2)=N1. The monoisotopic (exact) mass is 530 g/mol. The highest BCUT2D eigenvalue weighted by atomic mass is 16.5. The Bertz CT molecular complexity index is 1080. The van der Waals surface area contributed by atoms with Crippen LogP contribution < -0.4 is 0 Å². The van der Waals surface area contributed by atoms with Crippen LogP contribution >= 0.6 is 0 Å². The van der Waals surface area contributed by atoms with Gasteiger partial charge in [-0.1, -0.05) is 118 Å². The summed E-state index contributed by atoms with van der Waals surface area (Å²) in [5, 5.41) is 0. The largest absolute Gasteiger partial charge is 0.478 e. The van der Waals surface area contributed by atoms with Crippen LogP contribution in [0.1, 0.15) is 91.5 Å². The van der Waals surface area contributed by atoms with E-state index >= 15 is 0 Å². The lowest BCUT2D eigenvalue weighted by Gasteiger charge is -2.33. The normalized spacial score (nSPS) is 20.2. The van der Waals surface area contributed by atoms with Crippen molar-refractivity contribution >= 4 is 11.8 Å². The van der Waals surface area contributed by atoms with Gasteiger partial charge in [0.25, 0.3) is 0 Å². The highest BCUT2D eigenvalue weighted by Gasteiger charge is 2.49. The van der Waals surface area contributed by atoms with Gasteiger partial charge in [0.05, 0.1) is 12.1 Å². The molecule has 212 valence electrons. The summed E-state index contributed by atoms with van der Waals surface area (Å²) in [6.07, 6.45) is 1.46. The molecular weight excluding hydrogens is 480 g/mol. The Morgan fingerprint density at radius 3 is 1.21 bits per heavy atom. The Morgan fingerprint density at radius 2 is 0.949 bits per heavy atom. The fourth-order valence-electron chi connectivity index (χ4n) is 5.38. The fraction of sp³-hybridized carbons (Fsp3) is 0.600. The summed E-state index contributed by atoms with van der Waals surface area (Å²) in [4.78, 5) is 10.4. The third-order valence-electron chi connectivity index (χ3n) is 8.36. The Labute approximate surface area is 237 Å². The first-order chi connectivity index (χ1) is 18.2. The van der Waals surface area contributed by atoms with E-state index in [1.54, 1.807) is 0 Å². The number of ether oxygens (including phenoxy) is 2. The summed E-state index contributed by atoms with van der Waals surface area (Å²) in [5.74, 6) is 2.38. The fourth-order valence-corrected chi connectivity index (χ4v) is 5.38. The number of rotatable bonds is 8. The van der Waals surface area contributed by atoms with Crippen molar-refractivity contribution in [1.82, 2.24) is 0 Å². The second-order valence-corrected chi connectivity index (χ2v) is 14.4. The van der Waals surface area contributed by atoms with Crippen molar-refractivity contribution in [3.8, 4) is 0 Å². The van der Waals surface area contributed by atoms with Gasteiger partial charge in [0.15, 0.2) is 11.8 Å². The van der Waals surface area contributed by atoms with Crippen LogP contribution in [0.5, 0.6) is 0 Å². The van der Waals surface area contributed by atoms with Crippen LogP contribution in [-0.2, 0) is 33.1 Å². The summed E-state index contributed by atoms with van der Waals surface area (Å²) in [6, 6.07) is 18.4. The van der Waals surface area contributed by atoms with Gasteiger partial charge in [-0.25, -0.2) is 9.98 Å². The molecule has 2 aromatic rings. The van der Waals surface area contributed by atoms with Crippen molar-refractivity contribution in [1.29, 1.82) is 0 Å². The summed E-state index contributed by atoms with van der Waals surface area (Å²) < 4.78 is 13.0. The van der Waals surface area contributed by atoms with Crippen molar-refractivity contribution in [2.45, 2.75) is 105 Å². The Kier molecular flexibility index (Phi) is 8.36. The molecule has 0 aliphatic carbocycles. The van der Waals surface area contributed by atoms with Crippen LogP contribution in [0.3, 0.4) is 0 Å². The first kappa shape index (κ1) is 29.4. The minimum absolute atomic E-state index is 0.108. The molecule has 0 amide bonds. The summed E-state index contributed by atoms with van der Waals surface area (Å²) in [5.41, 5.74) is 4.77. The summed E-state index contributed by atoms with van der Waals surface area (Å²) in [6.45, 7) is 23.6. The summed E-state index contributed by atoms with van der Waals surface area (Å²) in [7, 11) is 0. The molecule has 0 saturated heterocycles. The van der Waals surface area contributed by atoms with Crippen molar-refractivity contribution in [3.63, 3.8) is 0 Å². The van der Waals surface area contributed by atoms with E-state index in [0.29, 0.717) is 25.0 Å². The highest BCUT2D eigenvalue weighted by molar-refractivity contribution is 6.07. The van der Waals surface area contributed by atoms with Gasteiger partial charge in [0.2, 0.25) is 0 Å². The van der Waals surface area contributed by atoms with Gasteiger partial charge in [-0.15, -0.1) is 0 Å². The van der Waals surface area contributed by atoms with Crippen molar-refractivity contribution in [3.05, 3.63) is 70.8 Å². The van der Waals surface area contributed by atoms with E-state index in [1.807, 2.05) is 0 Å². The van der Waals surface area contributed by atoms with E-state index < -0.39 is 5.41 Å². The molecule has 2 aliphatic rings. The predicted octanol–water partition coefficient (Wildman–Crippen LogP) is 7.96. The molecule has 4 heteroatoms. The van der Waals surface area contributed by atoms with Gasteiger partial charge in [-0.05, 0) is 57.8 Å². The third-order valence-corrected chi connectivity index (χ3v) is 8.36. The molecule has 39 heavy (non-hydrogen) atoms. The van der Waals surface area contributed by atoms with Crippen LogP contribution in [0, 0.1) is 17.3 Å². The molecule has 0 spiro atoms. The molecule has 0 aromatic heterocycles. The molecule has 4 rings (SSSR count). The molecule has 2 unspecified atom stereocenters. The molecule has 2 atom stereocenters. The second-order valence-electron chi connectivity index (χ2n) is 14.4. The first-order valence-corrected chi connectivity index (χ1v) is 14.8. The third kappa shape index (κ3) is 6.58. The maximum Gasteiger partial charge on any atom is 0.200 e. The molecule has 0 fully saturated rings. The van der Waals surface area contributed by atoms with E-state index in [9.17, 15) is 0 Å². The van der Waals surface area contributed by atoms with Gasteiger partial charge < -0.3 is 9.47 Å². The lowest BCUT2D eigenvalue weighted by atomic mass is 9.74. The zero-order chi connectivity index (χ0) is 28.6. The molecule has 2 heterocycles. The zero-order valence-electron chi connectivity index (χ0n) is 26.0. The van der Waals surface area contributed by atoms with E-state index in [-0.39, 0.29) is 22.9 Å². The minimum Gasteiger partial charge on any atom is -0.478 e. The van der Waals surface area contributed by atoms with Crippen LogP contribution in [0.15, 0.2) is 58.5 Å². The zero-order valence-corrected chi connectivity index (χ0v) is 26.0. The van der Waals surface area contributed by atoms with Gasteiger partial charge in [-0.3, -0.25) is 0 Å². The van der Waals surface area contributed by atoms with Gasteiger partial charge >= 0.3 is 0 Å². The maximum absolute atomic E-state index is 6.49. The Balaban J connectivity index is 1.83. The van der Waals surface area contributed by atoms with Crippen LogP contribution in [-0.4, -0.2) is 37.1 Å². The molecule has 2 aliphatic heterocycles. The Morgan fingerprint density at radius 1 is 0.615 bits per heavy atom. The number of aliphatic imine (C=N–C) groups is 2. The number of hydrogen-bond acceptors (Lipinski definition) is 4. The topological polar surface area (TPSA) is 43.2 Å². The highest BCUT2D eigenvalue weighted by Crippen LogP contribution is 2.39. The average Bonchev–Trinajstić information content (AvgIpc) is 3.54. The summed E-state index contributed by atoms with van der Waals surface area (Å²) >= 11 is 0. The predicted molar refractivity (Wildman–Crippen MR) is 164 cm³/mol. The van der Waals surface area contributed by atoms with Gasteiger partial charge in [0.1, 0.15) is 18.6 Å². The molecule has 0 saturated carbocycles. The number of hydrogen-bond donors (Lipinski definition) is 0. The molecule has 2 aromatic carbocycles. The molecule has 0 radical (unpaired) electrons. The standard InChI is InChI=1S/C35H50N2O2/c1-23(2)29-21-38-31(36-29)35(32-37-30(22-39-32)24(3)4,19-25-11-15-27(16-12-25)33(5,6)7)20-26-13-17-28(18-14-26)34(8,9)10/h11-18,23-24,29-30H,19-22H2,1-10H3. The smallest absolute Gasteiger partial charge is 0.200 e. The van der Waals surface area contributed by atoms with Gasteiger partial charge in [-0.2, -0.15) is 0 Å².